The summed E-state index contributed by atoms with van der Waals surface area (Å²) in [5.41, 5.74) is 0. The van der Waals surface area contributed by atoms with E-state index in [0.717, 1.165) is 26.0 Å². The van der Waals surface area contributed by atoms with Crippen LogP contribution in [-0.2, 0) is 14.8 Å². The maximum absolute atomic E-state index is 12.1. The third-order valence-corrected chi connectivity index (χ3v) is 5.60. The van der Waals surface area contributed by atoms with Gasteiger partial charge in [0.15, 0.2) is 5.96 Å². The second kappa shape index (κ2) is 10.0. The lowest BCUT2D eigenvalue weighted by atomic mass is 10.2. The van der Waals surface area contributed by atoms with Gasteiger partial charge in [0.25, 0.3) is 0 Å². The van der Waals surface area contributed by atoms with Crippen molar-refractivity contribution in [2.24, 2.45) is 4.99 Å². The number of rotatable bonds is 9. The van der Waals surface area contributed by atoms with Crippen LogP contribution in [0.15, 0.2) is 4.99 Å². The zero-order valence-electron chi connectivity index (χ0n) is 14.0. The number of hydrogen-bond acceptors (Lipinski definition) is 4. The zero-order valence-corrected chi connectivity index (χ0v) is 14.8. The highest BCUT2D eigenvalue weighted by molar-refractivity contribution is 7.89. The molecule has 0 saturated carbocycles. The van der Waals surface area contributed by atoms with E-state index in [4.69, 9.17) is 4.74 Å². The molecule has 1 aliphatic heterocycles. The predicted molar refractivity (Wildman–Crippen MR) is 89.7 cm³/mol. The fraction of sp³-hybridized carbons (Fsp3) is 0.929. The van der Waals surface area contributed by atoms with E-state index < -0.39 is 10.0 Å². The lowest BCUT2D eigenvalue weighted by Crippen LogP contribution is -2.42. The summed E-state index contributed by atoms with van der Waals surface area (Å²) in [4.78, 5) is 4.46. The molecular formula is C14H30N4O3S. The van der Waals surface area contributed by atoms with Gasteiger partial charge in [-0.3, -0.25) is 4.99 Å². The van der Waals surface area contributed by atoms with Gasteiger partial charge in [0, 0.05) is 32.8 Å². The van der Waals surface area contributed by atoms with E-state index in [0.29, 0.717) is 32.1 Å². The molecule has 1 atom stereocenters. The summed E-state index contributed by atoms with van der Waals surface area (Å²) >= 11 is 0. The SMILES string of the molecule is CCNC(=NCC1CCCO1)NCCS(=O)(=O)N(CC)CC. The summed E-state index contributed by atoms with van der Waals surface area (Å²) < 4.78 is 31.2. The number of nitrogens with zero attached hydrogens (tertiary/aromatic N) is 2. The molecule has 1 rings (SSSR count). The highest BCUT2D eigenvalue weighted by Gasteiger charge is 2.18. The molecule has 1 saturated heterocycles. The summed E-state index contributed by atoms with van der Waals surface area (Å²) in [5, 5.41) is 6.21. The van der Waals surface area contributed by atoms with E-state index in [1.165, 1.54) is 4.31 Å². The Morgan fingerprint density at radius 1 is 1.27 bits per heavy atom. The van der Waals surface area contributed by atoms with E-state index in [1.54, 1.807) is 0 Å². The molecule has 0 aliphatic carbocycles. The smallest absolute Gasteiger partial charge is 0.215 e. The molecule has 130 valence electrons. The van der Waals surface area contributed by atoms with Gasteiger partial charge in [-0.2, -0.15) is 0 Å². The summed E-state index contributed by atoms with van der Waals surface area (Å²) in [6.07, 6.45) is 2.32. The van der Waals surface area contributed by atoms with Crippen LogP contribution >= 0.6 is 0 Å². The molecule has 22 heavy (non-hydrogen) atoms. The Balaban J connectivity index is 2.44. The summed E-state index contributed by atoms with van der Waals surface area (Å²) in [6.45, 7) is 9.19. The first-order valence-electron chi connectivity index (χ1n) is 8.15. The van der Waals surface area contributed by atoms with Crippen molar-refractivity contribution in [1.82, 2.24) is 14.9 Å². The van der Waals surface area contributed by atoms with Crippen LogP contribution in [0, 0.1) is 0 Å². The average Bonchev–Trinajstić information content (AvgIpc) is 2.99. The lowest BCUT2D eigenvalue weighted by molar-refractivity contribution is 0.117. The normalized spacial score (nSPS) is 19.6. The molecule has 7 nitrogen and oxygen atoms in total. The zero-order chi connectivity index (χ0) is 16.4. The van der Waals surface area contributed by atoms with Crippen LogP contribution in [0.25, 0.3) is 0 Å². The van der Waals surface area contributed by atoms with Crippen molar-refractivity contribution in [3.8, 4) is 0 Å². The number of aliphatic imine (C=N–C) groups is 1. The average molecular weight is 334 g/mol. The number of hydrogen-bond donors (Lipinski definition) is 2. The Labute approximate surface area is 134 Å². The van der Waals surface area contributed by atoms with Gasteiger partial charge < -0.3 is 15.4 Å². The minimum absolute atomic E-state index is 0.0685. The van der Waals surface area contributed by atoms with E-state index in [-0.39, 0.29) is 11.9 Å². The molecule has 0 bridgehead atoms. The van der Waals surface area contributed by atoms with Crippen LogP contribution in [0.4, 0.5) is 0 Å². The molecule has 1 unspecified atom stereocenters. The van der Waals surface area contributed by atoms with Crippen molar-refractivity contribution in [3.05, 3.63) is 0 Å². The van der Waals surface area contributed by atoms with E-state index in [2.05, 4.69) is 15.6 Å². The number of guanidine groups is 1. The first-order valence-corrected chi connectivity index (χ1v) is 9.76. The standard InChI is InChI=1S/C14H30N4O3S/c1-4-15-14(17-12-13-8-7-10-21-13)16-9-11-22(19,20)18(5-2)6-3/h13H,4-12H2,1-3H3,(H2,15,16,17). The highest BCUT2D eigenvalue weighted by atomic mass is 32.2. The number of ether oxygens (including phenoxy) is 1. The van der Waals surface area contributed by atoms with Crippen molar-refractivity contribution < 1.29 is 13.2 Å². The maximum atomic E-state index is 12.1. The molecule has 0 aromatic rings. The van der Waals surface area contributed by atoms with Gasteiger partial charge in [0.05, 0.1) is 18.4 Å². The van der Waals surface area contributed by atoms with Gasteiger partial charge in [-0.1, -0.05) is 13.8 Å². The molecule has 8 heteroatoms. The third-order valence-electron chi connectivity index (χ3n) is 3.57. The second-order valence-electron chi connectivity index (χ2n) is 5.18. The van der Waals surface area contributed by atoms with Crippen LogP contribution in [0.2, 0.25) is 0 Å². The van der Waals surface area contributed by atoms with Gasteiger partial charge in [-0.25, -0.2) is 12.7 Å². The first-order chi connectivity index (χ1) is 10.5. The van der Waals surface area contributed by atoms with Gasteiger partial charge in [-0.15, -0.1) is 0 Å². The van der Waals surface area contributed by atoms with Gasteiger partial charge in [-0.05, 0) is 19.8 Å². The van der Waals surface area contributed by atoms with E-state index >= 15 is 0 Å². The maximum Gasteiger partial charge on any atom is 0.215 e. The molecule has 1 aliphatic rings. The van der Waals surface area contributed by atoms with E-state index in [9.17, 15) is 8.42 Å². The van der Waals surface area contributed by atoms with E-state index in [1.807, 2.05) is 20.8 Å². The summed E-state index contributed by atoms with van der Waals surface area (Å²) in [7, 11) is -3.20. The topological polar surface area (TPSA) is 83.0 Å². The molecule has 0 aromatic heterocycles. The molecule has 1 heterocycles. The van der Waals surface area contributed by atoms with Crippen molar-refractivity contribution in [1.29, 1.82) is 0 Å². The largest absolute Gasteiger partial charge is 0.376 e. The fourth-order valence-electron chi connectivity index (χ4n) is 2.37. The molecular weight excluding hydrogens is 304 g/mol. The van der Waals surface area contributed by atoms with Crippen LogP contribution in [-0.4, -0.2) is 69.9 Å². The van der Waals surface area contributed by atoms with Crippen molar-refractivity contribution in [2.75, 3.05) is 45.1 Å². The number of nitrogens with one attached hydrogen (secondary N) is 2. The fourth-order valence-corrected chi connectivity index (χ4v) is 3.77. The van der Waals surface area contributed by atoms with Crippen LogP contribution in [0.3, 0.4) is 0 Å². The first kappa shape index (κ1) is 19.2. The monoisotopic (exact) mass is 334 g/mol. The number of sulfonamides is 1. The Kier molecular flexibility index (Phi) is 8.74. The van der Waals surface area contributed by atoms with Crippen molar-refractivity contribution in [3.63, 3.8) is 0 Å². The molecule has 0 aromatic carbocycles. The molecule has 1 fully saturated rings. The van der Waals surface area contributed by atoms with Crippen LogP contribution in [0.1, 0.15) is 33.6 Å². The minimum Gasteiger partial charge on any atom is -0.376 e. The summed E-state index contributed by atoms with van der Waals surface area (Å²) in [5.74, 6) is 0.715. The van der Waals surface area contributed by atoms with Gasteiger partial charge in [0.2, 0.25) is 10.0 Å². The Hall–Kier alpha value is -0.860. The Morgan fingerprint density at radius 3 is 2.55 bits per heavy atom. The third kappa shape index (κ3) is 6.50. The van der Waals surface area contributed by atoms with Gasteiger partial charge in [0.1, 0.15) is 0 Å². The Morgan fingerprint density at radius 2 is 2.00 bits per heavy atom. The second-order valence-corrected chi connectivity index (χ2v) is 7.27. The lowest BCUT2D eigenvalue weighted by Gasteiger charge is -2.19. The summed E-state index contributed by atoms with van der Waals surface area (Å²) in [6, 6.07) is 0. The minimum atomic E-state index is -3.20. The van der Waals surface area contributed by atoms with Crippen molar-refractivity contribution >= 4 is 16.0 Å². The molecule has 0 amide bonds. The Bertz CT molecular complexity index is 429. The van der Waals surface area contributed by atoms with Crippen molar-refractivity contribution in [2.45, 2.75) is 39.7 Å². The highest BCUT2D eigenvalue weighted by Crippen LogP contribution is 2.11. The van der Waals surface area contributed by atoms with Crippen LogP contribution < -0.4 is 10.6 Å². The molecule has 2 N–H and O–H groups in total. The van der Waals surface area contributed by atoms with Gasteiger partial charge >= 0.3 is 0 Å². The van der Waals surface area contributed by atoms with Crippen LogP contribution in [0.5, 0.6) is 0 Å². The molecule has 0 spiro atoms. The predicted octanol–water partition coefficient (Wildman–Crippen LogP) is 0.392. The quantitative estimate of drug-likeness (QED) is 0.471. The molecule has 0 radical (unpaired) electrons.